The Labute approximate surface area is 51.3 Å². The first kappa shape index (κ1) is 4.84. The van der Waals surface area contributed by atoms with Crippen molar-refractivity contribution >= 4 is 0 Å². The van der Waals surface area contributed by atoms with Gasteiger partial charge in [0, 0.05) is 0 Å². The second-order valence-electron chi connectivity index (χ2n) is 3.17. The first-order valence-corrected chi connectivity index (χ1v) is 3.76. The van der Waals surface area contributed by atoms with E-state index >= 15 is 0 Å². The Bertz CT molecular complexity index is 92.2. The Morgan fingerprint density at radius 1 is 1.50 bits per heavy atom. The highest BCUT2D eigenvalue weighted by atomic mass is 14.5. The maximum atomic E-state index is 2.31. The van der Waals surface area contributed by atoms with Crippen molar-refractivity contribution in [1.82, 2.24) is 0 Å². The third kappa shape index (κ3) is 0.667. The summed E-state index contributed by atoms with van der Waals surface area (Å²) in [6, 6.07) is 0. The fourth-order valence-electron chi connectivity index (χ4n) is 1.64. The summed E-state index contributed by atoms with van der Waals surface area (Å²) in [5, 5.41) is 0. The van der Waals surface area contributed by atoms with Crippen molar-refractivity contribution < 1.29 is 0 Å². The summed E-state index contributed by atoms with van der Waals surface area (Å²) in [6.07, 6.45) is 5.91. The van der Waals surface area contributed by atoms with Crippen LogP contribution >= 0.6 is 0 Å². The molecule has 1 radical (unpaired) electrons. The molecule has 2 unspecified atom stereocenters. The minimum Gasteiger partial charge on any atom is -0.0651 e. The van der Waals surface area contributed by atoms with Gasteiger partial charge < -0.3 is 0 Å². The summed E-state index contributed by atoms with van der Waals surface area (Å²) in [5.41, 5.74) is 0. The molecule has 2 saturated carbocycles. The Hall–Kier alpha value is 0. The molecule has 0 saturated heterocycles. The molecule has 0 amide bonds. The molecule has 2 rings (SSSR count). The molecule has 2 atom stereocenters. The smallest absolute Gasteiger partial charge is 0.0207 e. The molecule has 0 aliphatic heterocycles. The van der Waals surface area contributed by atoms with E-state index in [4.69, 9.17) is 0 Å². The molecule has 0 heterocycles. The van der Waals surface area contributed by atoms with E-state index in [1.54, 1.807) is 0 Å². The summed E-state index contributed by atoms with van der Waals surface area (Å²) >= 11 is 0. The Morgan fingerprint density at radius 3 is 2.62 bits per heavy atom. The quantitative estimate of drug-likeness (QED) is 0.510. The first-order valence-electron chi connectivity index (χ1n) is 3.76. The van der Waals surface area contributed by atoms with Crippen molar-refractivity contribution in [2.24, 2.45) is 11.8 Å². The van der Waals surface area contributed by atoms with Gasteiger partial charge in [-0.2, -0.15) is 0 Å². The van der Waals surface area contributed by atoms with Gasteiger partial charge in [0.2, 0.25) is 0 Å². The predicted octanol–water partition coefficient (Wildman–Crippen LogP) is 2.40. The monoisotopic (exact) mass is 109 g/mol. The van der Waals surface area contributed by atoms with E-state index in [1.165, 1.54) is 25.7 Å². The molecule has 2 aliphatic carbocycles. The zero-order valence-electron chi connectivity index (χ0n) is 5.48. The molecule has 0 aromatic heterocycles. The van der Waals surface area contributed by atoms with Gasteiger partial charge >= 0.3 is 0 Å². The lowest BCUT2D eigenvalue weighted by molar-refractivity contribution is 0.725. The van der Waals surface area contributed by atoms with E-state index in [1.807, 2.05) is 5.92 Å². The minimum absolute atomic E-state index is 1.11. The second-order valence-corrected chi connectivity index (χ2v) is 3.17. The van der Waals surface area contributed by atoms with Gasteiger partial charge in [0.05, 0.1) is 0 Å². The van der Waals surface area contributed by atoms with E-state index in [-0.39, 0.29) is 0 Å². The molecular weight excluding hydrogens is 96.1 g/mol. The zero-order valence-corrected chi connectivity index (χ0v) is 5.48. The van der Waals surface area contributed by atoms with E-state index in [0.29, 0.717) is 0 Å². The summed E-state index contributed by atoms with van der Waals surface area (Å²) in [5.74, 6) is 4.12. The molecule has 2 aliphatic rings. The van der Waals surface area contributed by atoms with Crippen LogP contribution in [0, 0.1) is 17.8 Å². The molecule has 0 spiro atoms. The molecule has 0 bridgehead atoms. The average molecular weight is 109 g/mol. The number of hydrogen-bond donors (Lipinski definition) is 0. The third-order valence-corrected chi connectivity index (χ3v) is 2.51. The summed E-state index contributed by atoms with van der Waals surface area (Å²) in [4.78, 5) is 0. The van der Waals surface area contributed by atoms with Crippen LogP contribution in [-0.2, 0) is 0 Å². The summed E-state index contributed by atoms with van der Waals surface area (Å²) in [6.45, 7) is 2.31. The van der Waals surface area contributed by atoms with E-state index in [9.17, 15) is 0 Å². The molecule has 8 heavy (non-hydrogen) atoms. The van der Waals surface area contributed by atoms with Crippen molar-refractivity contribution in [3.8, 4) is 0 Å². The van der Waals surface area contributed by atoms with Crippen LogP contribution in [0.2, 0.25) is 0 Å². The van der Waals surface area contributed by atoms with E-state index in [2.05, 4.69) is 6.92 Å². The van der Waals surface area contributed by atoms with Crippen molar-refractivity contribution in [1.29, 1.82) is 0 Å². The largest absolute Gasteiger partial charge is 0.0651 e. The molecule has 45 valence electrons. The average Bonchev–Trinajstić information content (AvgIpc) is 2.62. The predicted molar refractivity (Wildman–Crippen MR) is 34.4 cm³/mol. The van der Waals surface area contributed by atoms with E-state index < -0.39 is 0 Å². The number of rotatable bonds is 2. The highest BCUT2D eigenvalue weighted by molar-refractivity contribution is 5.17. The molecule has 0 heteroatoms. The van der Waals surface area contributed by atoms with Gasteiger partial charge in [0.1, 0.15) is 0 Å². The highest BCUT2D eigenvalue weighted by Crippen LogP contribution is 2.56. The van der Waals surface area contributed by atoms with Crippen molar-refractivity contribution in [3.63, 3.8) is 0 Å². The van der Waals surface area contributed by atoms with Crippen LogP contribution in [-0.4, -0.2) is 0 Å². The van der Waals surface area contributed by atoms with Gasteiger partial charge in [-0.3, -0.25) is 0 Å². The fourth-order valence-corrected chi connectivity index (χ4v) is 1.64. The maximum Gasteiger partial charge on any atom is -0.0207 e. The van der Waals surface area contributed by atoms with Crippen LogP contribution in [0.1, 0.15) is 32.6 Å². The normalized spacial score (nSPS) is 44.6. The Balaban J connectivity index is 1.79. The van der Waals surface area contributed by atoms with Gasteiger partial charge in [-0.25, -0.2) is 0 Å². The zero-order chi connectivity index (χ0) is 5.56. The van der Waals surface area contributed by atoms with E-state index in [0.717, 1.165) is 11.8 Å². The molecule has 0 nitrogen and oxygen atoms in total. The molecule has 0 aromatic carbocycles. The lowest BCUT2D eigenvalue weighted by Crippen LogP contribution is -1.78. The maximum absolute atomic E-state index is 2.31. The van der Waals surface area contributed by atoms with Crippen molar-refractivity contribution in [3.05, 3.63) is 5.92 Å². The summed E-state index contributed by atoms with van der Waals surface area (Å²) in [7, 11) is 0. The lowest BCUT2D eigenvalue weighted by atomic mass is 10.2. The standard InChI is InChI=1S/C8H13/c1-2-6-5-8(6)7-3-4-7/h6,8H,2-5H2,1H3. The third-order valence-electron chi connectivity index (χ3n) is 2.51. The van der Waals surface area contributed by atoms with Crippen LogP contribution in [0.25, 0.3) is 0 Å². The van der Waals surface area contributed by atoms with Crippen molar-refractivity contribution in [2.45, 2.75) is 32.6 Å². The van der Waals surface area contributed by atoms with Crippen LogP contribution in [0.5, 0.6) is 0 Å². The highest BCUT2D eigenvalue weighted by Gasteiger charge is 2.46. The van der Waals surface area contributed by atoms with Crippen molar-refractivity contribution in [2.75, 3.05) is 0 Å². The van der Waals surface area contributed by atoms with Crippen LogP contribution in [0.4, 0.5) is 0 Å². The van der Waals surface area contributed by atoms with Crippen LogP contribution < -0.4 is 0 Å². The molecular formula is C8H13. The number of hydrogen-bond acceptors (Lipinski definition) is 0. The molecule has 0 N–H and O–H groups in total. The van der Waals surface area contributed by atoms with Gasteiger partial charge in [0.15, 0.2) is 0 Å². The van der Waals surface area contributed by atoms with Gasteiger partial charge in [-0.05, 0) is 37.0 Å². The Morgan fingerprint density at radius 2 is 2.25 bits per heavy atom. The molecule has 2 fully saturated rings. The first-order chi connectivity index (χ1) is 3.92. The summed E-state index contributed by atoms with van der Waals surface area (Å²) < 4.78 is 0. The van der Waals surface area contributed by atoms with Gasteiger partial charge in [-0.1, -0.05) is 13.3 Å². The van der Waals surface area contributed by atoms with Crippen LogP contribution in [0.15, 0.2) is 0 Å². The van der Waals surface area contributed by atoms with Gasteiger partial charge in [0.25, 0.3) is 0 Å². The lowest BCUT2D eigenvalue weighted by Gasteiger charge is -1.87. The fraction of sp³-hybridized carbons (Fsp3) is 0.875. The van der Waals surface area contributed by atoms with Crippen LogP contribution in [0.3, 0.4) is 0 Å². The minimum atomic E-state index is 1.11. The Kier molecular flexibility index (Phi) is 0.902. The topological polar surface area (TPSA) is 0 Å². The SMILES string of the molecule is CCC1CC1[C]1CC1. The molecule has 0 aromatic rings. The van der Waals surface area contributed by atoms with Gasteiger partial charge in [-0.15, -0.1) is 0 Å². The second kappa shape index (κ2) is 1.49.